The minimum atomic E-state index is -0.0281. The van der Waals surface area contributed by atoms with Gasteiger partial charge in [-0.05, 0) is 48.2 Å². The molecule has 0 N–H and O–H groups in total. The molecule has 0 bridgehead atoms. The summed E-state index contributed by atoms with van der Waals surface area (Å²) in [4.78, 5) is 0. The number of fused-ring (bicyclic) bond motifs is 1. The van der Waals surface area contributed by atoms with Crippen LogP contribution in [0.15, 0.2) is 42.5 Å². The Kier molecular flexibility index (Phi) is 4.07. The van der Waals surface area contributed by atoms with Gasteiger partial charge < -0.3 is 9.47 Å². The lowest BCUT2D eigenvalue weighted by molar-refractivity contribution is 0.254. The molecule has 110 valence electrons. The van der Waals surface area contributed by atoms with E-state index in [9.17, 15) is 0 Å². The van der Waals surface area contributed by atoms with E-state index in [2.05, 4.69) is 31.2 Å². The summed E-state index contributed by atoms with van der Waals surface area (Å²) in [6, 6.07) is 14.4. The van der Waals surface area contributed by atoms with Gasteiger partial charge in [0, 0.05) is 6.42 Å². The van der Waals surface area contributed by atoms with E-state index in [1.54, 1.807) is 7.11 Å². The van der Waals surface area contributed by atoms with E-state index < -0.39 is 0 Å². The van der Waals surface area contributed by atoms with E-state index in [1.165, 1.54) is 11.1 Å². The van der Waals surface area contributed by atoms with E-state index in [-0.39, 0.29) is 11.5 Å². The average molecular weight is 303 g/mol. The predicted octanol–water partition coefficient (Wildman–Crippen LogP) is 4.54. The van der Waals surface area contributed by atoms with Gasteiger partial charge in [-0.1, -0.05) is 24.3 Å². The minimum Gasteiger partial charge on any atom is -0.497 e. The molecule has 1 aliphatic rings. The Hall–Kier alpha value is -1.67. The molecule has 2 atom stereocenters. The lowest BCUT2D eigenvalue weighted by Crippen LogP contribution is -2.05. The van der Waals surface area contributed by atoms with E-state index in [0.29, 0.717) is 0 Å². The van der Waals surface area contributed by atoms with E-state index in [0.717, 1.165) is 29.9 Å². The van der Waals surface area contributed by atoms with Crippen molar-refractivity contribution in [2.45, 2.75) is 31.2 Å². The second-order valence-corrected chi connectivity index (χ2v) is 6.05. The molecule has 2 aromatic rings. The van der Waals surface area contributed by atoms with Gasteiger partial charge >= 0.3 is 0 Å². The molecule has 2 aromatic carbocycles. The van der Waals surface area contributed by atoms with Gasteiger partial charge in [-0.15, -0.1) is 11.6 Å². The second kappa shape index (κ2) is 5.98. The van der Waals surface area contributed by atoms with Crippen molar-refractivity contribution in [1.29, 1.82) is 0 Å². The molecule has 0 aromatic heterocycles. The van der Waals surface area contributed by atoms with E-state index in [4.69, 9.17) is 21.1 Å². The van der Waals surface area contributed by atoms with E-state index >= 15 is 0 Å². The molecular formula is C18H19ClO2. The predicted molar refractivity (Wildman–Crippen MR) is 85.5 cm³/mol. The highest BCUT2D eigenvalue weighted by Gasteiger charge is 2.20. The van der Waals surface area contributed by atoms with E-state index in [1.807, 2.05) is 18.2 Å². The molecule has 0 aliphatic carbocycles. The van der Waals surface area contributed by atoms with Crippen molar-refractivity contribution >= 4 is 11.6 Å². The van der Waals surface area contributed by atoms with Crippen LogP contribution in [0.4, 0.5) is 0 Å². The first-order chi connectivity index (χ1) is 10.2. The van der Waals surface area contributed by atoms with Gasteiger partial charge in [-0.3, -0.25) is 0 Å². The smallest absolute Gasteiger partial charge is 0.123 e. The Morgan fingerprint density at radius 2 is 2.00 bits per heavy atom. The molecule has 3 heteroatoms. The summed E-state index contributed by atoms with van der Waals surface area (Å²) in [6.45, 7) is 2.09. The zero-order valence-electron chi connectivity index (χ0n) is 12.3. The topological polar surface area (TPSA) is 18.5 Å². The van der Waals surface area contributed by atoms with Crippen molar-refractivity contribution in [3.63, 3.8) is 0 Å². The Balaban J connectivity index is 1.73. The Morgan fingerprint density at radius 3 is 2.71 bits per heavy atom. The first kappa shape index (κ1) is 14.3. The quantitative estimate of drug-likeness (QED) is 0.772. The minimum absolute atomic E-state index is 0.0281. The van der Waals surface area contributed by atoms with Crippen LogP contribution in [-0.4, -0.2) is 13.2 Å². The number of hydrogen-bond donors (Lipinski definition) is 0. The highest BCUT2D eigenvalue weighted by Crippen LogP contribution is 2.34. The molecule has 2 nitrogen and oxygen atoms in total. The van der Waals surface area contributed by atoms with Gasteiger partial charge in [0.05, 0.1) is 12.5 Å². The first-order valence-corrected chi connectivity index (χ1v) is 7.66. The molecule has 0 fully saturated rings. The number of halogens is 1. The molecule has 21 heavy (non-hydrogen) atoms. The fourth-order valence-electron chi connectivity index (χ4n) is 2.72. The zero-order valence-corrected chi connectivity index (χ0v) is 13.1. The van der Waals surface area contributed by atoms with Gasteiger partial charge in [0.2, 0.25) is 0 Å². The van der Waals surface area contributed by atoms with Crippen LogP contribution in [0.2, 0.25) is 0 Å². The number of alkyl halides is 1. The van der Waals surface area contributed by atoms with Crippen LogP contribution in [0, 0.1) is 0 Å². The van der Waals surface area contributed by atoms with Crippen molar-refractivity contribution in [3.05, 3.63) is 59.2 Å². The van der Waals surface area contributed by atoms with Crippen molar-refractivity contribution in [2.75, 3.05) is 7.11 Å². The Bertz CT molecular complexity index is 622. The molecule has 0 amide bonds. The maximum atomic E-state index is 6.58. The fourth-order valence-corrected chi connectivity index (χ4v) is 3.04. The third-order valence-electron chi connectivity index (χ3n) is 3.86. The lowest BCUT2D eigenvalue weighted by atomic mass is 10.0. The zero-order chi connectivity index (χ0) is 14.8. The average Bonchev–Trinajstić information content (AvgIpc) is 2.87. The van der Waals surface area contributed by atoms with Crippen LogP contribution in [-0.2, 0) is 12.8 Å². The summed E-state index contributed by atoms with van der Waals surface area (Å²) in [7, 11) is 1.67. The van der Waals surface area contributed by atoms with Crippen LogP contribution in [0.5, 0.6) is 11.5 Å². The lowest BCUT2D eigenvalue weighted by Gasteiger charge is -2.12. The van der Waals surface area contributed by atoms with Crippen molar-refractivity contribution < 1.29 is 9.47 Å². The molecule has 3 rings (SSSR count). The van der Waals surface area contributed by atoms with Crippen molar-refractivity contribution in [1.82, 2.24) is 0 Å². The first-order valence-electron chi connectivity index (χ1n) is 7.22. The normalized spacial score (nSPS) is 18.0. The Labute approximate surface area is 130 Å². The summed E-state index contributed by atoms with van der Waals surface area (Å²) in [5, 5.41) is -0.0281. The highest BCUT2D eigenvalue weighted by molar-refractivity contribution is 6.20. The van der Waals surface area contributed by atoms with Crippen molar-refractivity contribution in [2.24, 2.45) is 0 Å². The molecule has 1 heterocycles. The van der Waals surface area contributed by atoms with Crippen molar-refractivity contribution in [3.8, 4) is 11.5 Å². The summed E-state index contributed by atoms with van der Waals surface area (Å²) < 4.78 is 10.9. The molecule has 0 saturated heterocycles. The molecular weight excluding hydrogens is 284 g/mol. The van der Waals surface area contributed by atoms with Crippen LogP contribution < -0.4 is 9.47 Å². The summed E-state index contributed by atoms with van der Waals surface area (Å²) >= 11 is 6.58. The van der Waals surface area contributed by atoms with Gasteiger partial charge in [-0.25, -0.2) is 0 Å². The SMILES string of the molecule is COc1ccc(CC(Cl)c2ccc3c(c2)CC(C)O3)cc1. The molecule has 0 radical (unpaired) electrons. The van der Waals surface area contributed by atoms with Crippen LogP contribution in [0.3, 0.4) is 0 Å². The van der Waals surface area contributed by atoms with Crippen LogP contribution in [0.25, 0.3) is 0 Å². The van der Waals surface area contributed by atoms with Gasteiger partial charge in [0.1, 0.15) is 17.6 Å². The molecule has 0 spiro atoms. The van der Waals surface area contributed by atoms with Gasteiger partial charge in [-0.2, -0.15) is 0 Å². The standard InChI is InChI=1S/C18H19ClO2/c1-12-9-15-11-14(5-8-18(15)21-12)17(19)10-13-3-6-16(20-2)7-4-13/h3-8,11-12,17H,9-10H2,1-2H3. The third-order valence-corrected chi connectivity index (χ3v) is 4.26. The van der Waals surface area contributed by atoms with Crippen LogP contribution in [0.1, 0.15) is 29.0 Å². The largest absolute Gasteiger partial charge is 0.497 e. The number of benzene rings is 2. The fraction of sp³-hybridized carbons (Fsp3) is 0.333. The maximum Gasteiger partial charge on any atom is 0.123 e. The van der Waals surface area contributed by atoms with Crippen LogP contribution >= 0.6 is 11.6 Å². The summed E-state index contributed by atoms with van der Waals surface area (Å²) in [6.07, 6.45) is 2.04. The number of methoxy groups -OCH3 is 1. The van der Waals surface area contributed by atoms with Gasteiger partial charge in [0.25, 0.3) is 0 Å². The summed E-state index contributed by atoms with van der Waals surface area (Å²) in [5.41, 5.74) is 3.63. The number of rotatable bonds is 4. The monoisotopic (exact) mass is 302 g/mol. The molecule has 0 saturated carbocycles. The second-order valence-electron chi connectivity index (χ2n) is 5.52. The number of ether oxygens (including phenoxy) is 2. The highest BCUT2D eigenvalue weighted by atomic mass is 35.5. The third kappa shape index (κ3) is 3.16. The Morgan fingerprint density at radius 1 is 1.24 bits per heavy atom. The molecule has 1 aliphatic heterocycles. The summed E-state index contributed by atoms with van der Waals surface area (Å²) in [5.74, 6) is 1.87. The maximum absolute atomic E-state index is 6.58. The molecule has 2 unspecified atom stereocenters. The van der Waals surface area contributed by atoms with Gasteiger partial charge in [0.15, 0.2) is 0 Å². The number of hydrogen-bond acceptors (Lipinski definition) is 2.